The molecule has 20 heavy (non-hydrogen) atoms. The van der Waals surface area contributed by atoms with E-state index in [1.807, 2.05) is 62.4 Å². The van der Waals surface area contributed by atoms with Gasteiger partial charge in [0.2, 0.25) is 0 Å². The van der Waals surface area contributed by atoms with Gasteiger partial charge in [0.25, 0.3) is 0 Å². The number of rotatable bonds is 5. The van der Waals surface area contributed by atoms with Crippen LogP contribution >= 0.6 is 11.6 Å². The summed E-state index contributed by atoms with van der Waals surface area (Å²) in [5, 5.41) is 11.1. The van der Waals surface area contributed by atoms with Crippen molar-refractivity contribution in [3.8, 4) is 5.75 Å². The molecule has 1 unspecified atom stereocenters. The van der Waals surface area contributed by atoms with Crippen LogP contribution in [0.1, 0.15) is 31.1 Å². The molecule has 1 N–H and O–H groups in total. The summed E-state index contributed by atoms with van der Waals surface area (Å²) >= 11 is 5.97. The van der Waals surface area contributed by atoms with E-state index in [1.54, 1.807) is 0 Å². The number of benzene rings is 2. The Labute approximate surface area is 125 Å². The molecule has 0 aliphatic rings. The van der Waals surface area contributed by atoms with Crippen LogP contribution < -0.4 is 4.74 Å². The van der Waals surface area contributed by atoms with Crippen LogP contribution in [0.5, 0.6) is 5.75 Å². The van der Waals surface area contributed by atoms with Crippen molar-refractivity contribution in [1.82, 2.24) is 0 Å². The first-order chi connectivity index (χ1) is 9.56. The summed E-state index contributed by atoms with van der Waals surface area (Å²) in [5.74, 6) is 0.733. The number of hydrogen-bond acceptors (Lipinski definition) is 2. The van der Waals surface area contributed by atoms with Gasteiger partial charge in [-0.2, -0.15) is 0 Å². The van der Waals surface area contributed by atoms with E-state index < -0.39 is 6.10 Å². The Morgan fingerprint density at radius 1 is 1.10 bits per heavy atom. The highest BCUT2D eigenvalue weighted by Crippen LogP contribution is 2.28. The minimum Gasteiger partial charge on any atom is -0.491 e. The molecule has 2 nitrogen and oxygen atoms in total. The van der Waals surface area contributed by atoms with Crippen LogP contribution in [0.3, 0.4) is 0 Å². The molecule has 0 fully saturated rings. The van der Waals surface area contributed by atoms with Gasteiger partial charge in [0, 0.05) is 17.0 Å². The van der Waals surface area contributed by atoms with E-state index in [1.165, 1.54) is 0 Å². The van der Waals surface area contributed by atoms with E-state index >= 15 is 0 Å². The minimum atomic E-state index is -0.608. The van der Waals surface area contributed by atoms with Gasteiger partial charge < -0.3 is 9.84 Å². The van der Waals surface area contributed by atoms with E-state index in [0.717, 1.165) is 16.9 Å². The number of halogens is 1. The quantitative estimate of drug-likeness (QED) is 0.884. The van der Waals surface area contributed by atoms with Gasteiger partial charge in [0.05, 0.1) is 12.2 Å². The van der Waals surface area contributed by atoms with E-state index in [-0.39, 0.29) is 6.10 Å². The molecule has 1 atom stereocenters. The molecule has 0 spiro atoms. The predicted octanol–water partition coefficient (Wildman–Crippen LogP) is 4.40. The fraction of sp³-hybridized carbons (Fsp3) is 0.294. The van der Waals surface area contributed by atoms with Crippen molar-refractivity contribution in [2.24, 2.45) is 0 Å². The molecule has 2 rings (SSSR count). The summed E-state index contributed by atoms with van der Waals surface area (Å²) in [4.78, 5) is 0. The molecule has 0 bridgehead atoms. The second-order valence-corrected chi connectivity index (χ2v) is 5.49. The summed E-state index contributed by atoms with van der Waals surface area (Å²) in [5.41, 5.74) is 1.81. The number of hydrogen-bond donors (Lipinski definition) is 1. The van der Waals surface area contributed by atoms with Gasteiger partial charge >= 0.3 is 0 Å². The highest BCUT2D eigenvalue weighted by molar-refractivity contribution is 6.30. The maximum absolute atomic E-state index is 10.4. The first kappa shape index (κ1) is 14.9. The van der Waals surface area contributed by atoms with Crippen LogP contribution in [-0.4, -0.2) is 11.2 Å². The Morgan fingerprint density at radius 2 is 1.85 bits per heavy atom. The van der Waals surface area contributed by atoms with Crippen LogP contribution in [-0.2, 0) is 6.42 Å². The molecule has 106 valence electrons. The van der Waals surface area contributed by atoms with Crippen LogP contribution in [0.15, 0.2) is 48.5 Å². The molecular formula is C17H19ClO2. The van der Waals surface area contributed by atoms with Crippen LogP contribution in [0.4, 0.5) is 0 Å². The van der Waals surface area contributed by atoms with Crippen molar-refractivity contribution < 1.29 is 9.84 Å². The SMILES string of the molecule is CC(C)Oc1ccccc1C(O)Cc1cccc(Cl)c1. The summed E-state index contributed by atoms with van der Waals surface area (Å²) in [7, 11) is 0. The highest BCUT2D eigenvalue weighted by Gasteiger charge is 2.14. The Morgan fingerprint density at radius 3 is 2.55 bits per heavy atom. The van der Waals surface area contributed by atoms with Crippen LogP contribution in [0.25, 0.3) is 0 Å². The largest absolute Gasteiger partial charge is 0.491 e. The molecule has 2 aromatic rings. The summed E-state index contributed by atoms with van der Waals surface area (Å²) in [6.07, 6.45) is -0.0168. The number of ether oxygens (including phenoxy) is 1. The molecule has 0 heterocycles. The van der Waals surface area contributed by atoms with Gasteiger partial charge in [-0.25, -0.2) is 0 Å². The lowest BCUT2D eigenvalue weighted by Crippen LogP contribution is -2.10. The highest BCUT2D eigenvalue weighted by atomic mass is 35.5. The van der Waals surface area contributed by atoms with Gasteiger partial charge in [-0.3, -0.25) is 0 Å². The lowest BCUT2D eigenvalue weighted by Gasteiger charge is -2.18. The van der Waals surface area contributed by atoms with Gasteiger partial charge in [0.15, 0.2) is 0 Å². The van der Waals surface area contributed by atoms with Crippen molar-refractivity contribution in [3.05, 3.63) is 64.7 Å². The second kappa shape index (κ2) is 6.78. The molecule has 0 radical (unpaired) electrons. The summed E-state index contributed by atoms with van der Waals surface area (Å²) in [6.45, 7) is 3.94. The molecule has 2 aromatic carbocycles. The molecule has 0 aliphatic carbocycles. The number of para-hydroxylation sites is 1. The van der Waals surface area contributed by atoms with Crippen molar-refractivity contribution in [2.45, 2.75) is 32.5 Å². The molecule has 0 saturated heterocycles. The lowest BCUT2D eigenvalue weighted by atomic mass is 10.0. The zero-order chi connectivity index (χ0) is 14.5. The molecule has 0 aliphatic heterocycles. The third kappa shape index (κ3) is 3.99. The van der Waals surface area contributed by atoms with Crippen molar-refractivity contribution in [3.63, 3.8) is 0 Å². The first-order valence-electron chi connectivity index (χ1n) is 6.74. The Hall–Kier alpha value is -1.51. The zero-order valence-electron chi connectivity index (χ0n) is 11.7. The Balaban J connectivity index is 2.18. The smallest absolute Gasteiger partial charge is 0.125 e. The van der Waals surface area contributed by atoms with Crippen LogP contribution in [0.2, 0.25) is 5.02 Å². The monoisotopic (exact) mass is 290 g/mol. The molecular weight excluding hydrogens is 272 g/mol. The third-order valence-corrected chi connectivity index (χ3v) is 3.19. The fourth-order valence-corrected chi connectivity index (χ4v) is 2.33. The second-order valence-electron chi connectivity index (χ2n) is 5.05. The fourth-order valence-electron chi connectivity index (χ4n) is 2.11. The maximum atomic E-state index is 10.4. The van der Waals surface area contributed by atoms with Gasteiger partial charge in [0.1, 0.15) is 5.75 Å². The topological polar surface area (TPSA) is 29.5 Å². The van der Waals surface area contributed by atoms with E-state index in [9.17, 15) is 5.11 Å². The van der Waals surface area contributed by atoms with Crippen molar-refractivity contribution >= 4 is 11.6 Å². The normalized spacial score (nSPS) is 12.4. The average Bonchev–Trinajstić information content (AvgIpc) is 2.38. The molecule has 3 heteroatoms. The number of aliphatic hydroxyl groups excluding tert-OH is 1. The Bertz CT molecular complexity index is 566. The predicted molar refractivity (Wildman–Crippen MR) is 82.3 cm³/mol. The Kier molecular flexibility index (Phi) is 5.05. The molecule has 0 saturated carbocycles. The van der Waals surface area contributed by atoms with Gasteiger partial charge in [-0.05, 0) is 37.6 Å². The van der Waals surface area contributed by atoms with Crippen molar-refractivity contribution in [2.75, 3.05) is 0 Å². The first-order valence-corrected chi connectivity index (χ1v) is 7.12. The van der Waals surface area contributed by atoms with E-state index in [0.29, 0.717) is 11.4 Å². The maximum Gasteiger partial charge on any atom is 0.125 e. The van der Waals surface area contributed by atoms with Crippen LogP contribution in [0, 0.1) is 0 Å². The van der Waals surface area contributed by atoms with Gasteiger partial charge in [-0.15, -0.1) is 0 Å². The van der Waals surface area contributed by atoms with E-state index in [4.69, 9.17) is 16.3 Å². The minimum absolute atomic E-state index is 0.0783. The number of aliphatic hydroxyl groups is 1. The van der Waals surface area contributed by atoms with E-state index in [2.05, 4.69) is 0 Å². The standard InChI is InChI=1S/C17H19ClO2/c1-12(2)20-17-9-4-3-8-15(17)16(19)11-13-6-5-7-14(18)10-13/h3-10,12,16,19H,11H2,1-2H3. The lowest BCUT2D eigenvalue weighted by molar-refractivity contribution is 0.166. The third-order valence-electron chi connectivity index (χ3n) is 2.96. The molecule has 0 amide bonds. The summed E-state index contributed by atoms with van der Waals surface area (Å²) < 4.78 is 5.74. The summed E-state index contributed by atoms with van der Waals surface area (Å²) in [6, 6.07) is 15.1. The average molecular weight is 291 g/mol. The zero-order valence-corrected chi connectivity index (χ0v) is 12.5. The van der Waals surface area contributed by atoms with Gasteiger partial charge in [-0.1, -0.05) is 41.9 Å². The molecule has 0 aromatic heterocycles. The van der Waals surface area contributed by atoms with Crippen molar-refractivity contribution in [1.29, 1.82) is 0 Å².